The smallest absolute Gasteiger partial charge is 0.239 e. The van der Waals surface area contributed by atoms with Crippen LogP contribution in [0, 0.1) is 5.92 Å². The summed E-state index contributed by atoms with van der Waals surface area (Å²) < 4.78 is 0. The second-order valence-corrected chi connectivity index (χ2v) is 4.82. The molecule has 0 radical (unpaired) electrons. The van der Waals surface area contributed by atoms with Gasteiger partial charge in [-0.1, -0.05) is 0 Å². The molecule has 0 unspecified atom stereocenters. The number of nitrogens with zero attached hydrogens (tertiary/aromatic N) is 2. The minimum Gasteiger partial charge on any atom is -0.341 e. The van der Waals surface area contributed by atoms with Crippen molar-refractivity contribution in [2.45, 2.75) is 25.8 Å². The Balaban J connectivity index is 2.32. The Labute approximate surface area is 92.4 Å². The molecule has 0 aliphatic carbocycles. The Morgan fingerprint density at radius 3 is 2.40 bits per heavy atom. The summed E-state index contributed by atoms with van der Waals surface area (Å²) in [5.41, 5.74) is 5.58. The van der Waals surface area contributed by atoms with Gasteiger partial charge in [-0.2, -0.15) is 0 Å². The molecule has 0 bridgehead atoms. The first-order chi connectivity index (χ1) is 7.00. The minimum absolute atomic E-state index is 0.0957. The third-order valence-electron chi connectivity index (χ3n) is 2.94. The van der Waals surface area contributed by atoms with Gasteiger partial charge in [-0.05, 0) is 39.8 Å². The molecule has 1 saturated heterocycles. The molecule has 1 amide bonds. The number of carbonyl (C=O) groups excluding carboxylic acids is 1. The van der Waals surface area contributed by atoms with E-state index in [1.807, 2.05) is 4.90 Å². The number of likely N-dealkylation sites (tertiary alicyclic amines) is 1. The maximum atomic E-state index is 11.6. The molecule has 1 aliphatic heterocycles. The van der Waals surface area contributed by atoms with Gasteiger partial charge in [-0.3, -0.25) is 4.79 Å². The maximum Gasteiger partial charge on any atom is 0.239 e. The van der Waals surface area contributed by atoms with Crippen LogP contribution in [0.2, 0.25) is 0 Å². The second-order valence-electron chi connectivity index (χ2n) is 4.82. The predicted molar refractivity (Wildman–Crippen MR) is 61.5 cm³/mol. The highest BCUT2D eigenvalue weighted by Gasteiger charge is 2.24. The number of hydrogen-bond donors (Lipinski definition) is 1. The van der Waals surface area contributed by atoms with E-state index in [1.165, 1.54) is 0 Å². The summed E-state index contributed by atoms with van der Waals surface area (Å²) in [4.78, 5) is 15.7. The number of carbonyl (C=O) groups is 1. The molecule has 0 aromatic heterocycles. The molecule has 0 aromatic rings. The third-order valence-corrected chi connectivity index (χ3v) is 2.94. The van der Waals surface area contributed by atoms with Crippen molar-refractivity contribution in [2.75, 3.05) is 33.7 Å². The summed E-state index contributed by atoms with van der Waals surface area (Å²) in [5.74, 6) is 0.829. The molecule has 0 saturated carbocycles. The molecular formula is C11H23N3O. The molecule has 2 N–H and O–H groups in total. The lowest BCUT2D eigenvalue weighted by Crippen LogP contribution is -2.46. The van der Waals surface area contributed by atoms with Crippen LogP contribution in [0.15, 0.2) is 0 Å². The van der Waals surface area contributed by atoms with Crippen molar-refractivity contribution in [3.8, 4) is 0 Å². The molecule has 1 rings (SSSR count). The van der Waals surface area contributed by atoms with Crippen LogP contribution in [0.4, 0.5) is 0 Å². The fourth-order valence-corrected chi connectivity index (χ4v) is 2.14. The fraction of sp³-hybridized carbons (Fsp3) is 0.909. The van der Waals surface area contributed by atoms with E-state index in [9.17, 15) is 4.79 Å². The largest absolute Gasteiger partial charge is 0.341 e. The highest BCUT2D eigenvalue weighted by Crippen LogP contribution is 2.17. The van der Waals surface area contributed by atoms with Crippen molar-refractivity contribution in [2.24, 2.45) is 11.7 Å². The first-order valence-electron chi connectivity index (χ1n) is 5.69. The van der Waals surface area contributed by atoms with E-state index in [0.717, 1.165) is 38.4 Å². The van der Waals surface area contributed by atoms with Gasteiger partial charge in [0.2, 0.25) is 5.91 Å². The van der Waals surface area contributed by atoms with Crippen LogP contribution in [0.25, 0.3) is 0 Å². The lowest BCUT2D eigenvalue weighted by Gasteiger charge is -2.34. The predicted octanol–water partition coefficient (Wildman–Crippen LogP) is 0.134. The summed E-state index contributed by atoms with van der Waals surface area (Å²) in [6.07, 6.45) is 2.22. The third kappa shape index (κ3) is 3.80. The van der Waals surface area contributed by atoms with Gasteiger partial charge >= 0.3 is 0 Å². The van der Waals surface area contributed by atoms with E-state index in [0.29, 0.717) is 0 Å². The molecular weight excluding hydrogens is 190 g/mol. The Kier molecular flexibility index (Phi) is 4.54. The van der Waals surface area contributed by atoms with Crippen LogP contribution in [-0.2, 0) is 4.79 Å². The summed E-state index contributed by atoms with van der Waals surface area (Å²) in [6, 6.07) is -0.351. The normalized spacial score (nSPS) is 20.7. The SMILES string of the molecule is C[C@H](N)C(=O)N1CCC(CN(C)C)CC1. The van der Waals surface area contributed by atoms with Gasteiger partial charge in [0.15, 0.2) is 0 Å². The molecule has 0 aromatic carbocycles. The topological polar surface area (TPSA) is 49.6 Å². The average Bonchev–Trinajstić information content (AvgIpc) is 2.17. The Bertz CT molecular complexity index is 208. The standard InChI is InChI=1S/C11H23N3O/c1-9(12)11(15)14-6-4-10(5-7-14)8-13(2)3/h9-10H,4-8,12H2,1-3H3/t9-/m0/s1. The van der Waals surface area contributed by atoms with Gasteiger partial charge in [0.05, 0.1) is 6.04 Å². The molecule has 4 heteroatoms. The summed E-state index contributed by atoms with van der Waals surface area (Å²) in [6.45, 7) is 4.63. The van der Waals surface area contributed by atoms with E-state index in [4.69, 9.17) is 5.73 Å². The zero-order valence-corrected chi connectivity index (χ0v) is 10.1. The molecule has 1 aliphatic rings. The van der Waals surface area contributed by atoms with Crippen LogP contribution in [0.3, 0.4) is 0 Å². The molecule has 1 atom stereocenters. The lowest BCUT2D eigenvalue weighted by atomic mass is 9.96. The number of rotatable bonds is 3. The monoisotopic (exact) mass is 213 g/mol. The van der Waals surface area contributed by atoms with Crippen molar-refractivity contribution in [3.63, 3.8) is 0 Å². The Morgan fingerprint density at radius 1 is 1.47 bits per heavy atom. The summed E-state index contributed by atoms with van der Waals surface area (Å²) in [7, 11) is 4.19. The quantitative estimate of drug-likeness (QED) is 0.725. The minimum atomic E-state index is -0.351. The Hall–Kier alpha value is -0.610. The van der Waals surface area contributed by atoms with E-state index in [-0.39, 0.29) is 11.9 Å². The van der Waals surface area contributed by atoms with Crippen molar-refractivity contribution >= 4 is 5.91 Å². The zero-order valence-electron chi connectivity index (χ0n) is 10.1. The molecule has 15 heavy (non-hydrogen) atoms. The first kappa shape index (κ1) is 12.5. The van der Waals surface area contributed by atoms with E-state index in [1.54, 1.807) is 6.92 Å². The van der Waals surface area contributed by atoms with Crippen molar-refractivity contribution < 1.29 is 4.79 Å². The van der Waals surface area contributed by atoms with Crippen LogP contribution < -0.4 is 5.73 Å². The molecule has 0 spiro atoms. The molecule has 1 fully saturated rings. The molecule has 88 valence electrons. The van der Waals surface area contributed by atoms with Crippen LogP contribution >= 0.6 is 0 Å². The van der Waals surface area contributed by atoms with Gasteiger partial charge in [0.1, 0.15) is 0 Å². The highest BCUT2D eigenvalue weighted by atomic mass is 16.2. The number of piperidine rings is 1. The summed E-state index contributed by atoms with van der Waals surface area (Å²) in [5, 5.41) is 0. The van der Waals surface area contributed by atoms with Crippen LogP contribution in [0.1, 0.15) is 19.8 Å². The van der Waals surface area contributed by atoms with Crippen molar-refractivity contribution in [3.05, 3.63) is 0 Å². The summed E-state index contributed by atoms with van der Waals surface area (Å²) >= 11 is 0. The van der Waals surface area contributed by atoms with Crippen LogP contribution in [0.5, 0.6) is 0 Å². The van der Waals surface area contributed by atoms with E-state index < -0.39 is 0 Å². The second kappa shape index (κ2) is 5.47. The van der Waals surface area contributed by atoms with E-state index in [2.05, 4.69) is 19.0 Å². The maximum absolute atomic E-state index is 11.6. The van der Waals surface area contributed by atoms with Gasteiger partial charge in [0, 0.05) is 19.6 Å². The number of hydrogen-bond acceptors (Lipinski definition) is 3. The average molecular weight is 213 g/mol. The van der Waals surface area contributed by atoms with Crippen molar-refractivity contribution in [1.29, 1.82) is 0 Å². The van der Waals surface area contributed by atoms with E-state index >= 15 is 0 Å². The van der Waals surface area contributed by atoms with Gasteiger partial charge in [-0.25, -0.2) is 0 Å². The van der Waals surface area contributed by atoms with Crippen molar-refractivity contribution in [1.82, 2.24) is 9.80 Å². The Morgan fingerprint density at radius 2 is 2.00 bits per heavy atom. The van der Waals surface area contributed by atoms with Crippen LogP contribution in [-0.4, -0.2) is 55.5 Å². The molecule has 1 heterocycles. The number of amides is 1. The zero-order chi connectivity index (χ0) is 11.4. The number of nitrogens with two attached hydrogens (primary N) is 1. The lowest BCUT2D eigenvalue weighted by molar-refractivity contribution is -0.133. The highest BCUT2D eigenvalue weighted by molar-refractivity contribution is 5.81. The fourth-order valence-electron chi connectivity index (χ4n) is 2.14. The van der Waals surface area contributed by atoms with Gasteiger partial charge in [0.25, 0.3) is 0 Å². The molecule has 4 nitrogen and oxygen atoms in total. The van der Waals surface area contributed by atoms with Gasteiger partial charge in [-0.15, -0.1) is 0 Å². The first-order valence-corrected chi connectivity index (χ1v) is 5.69. The van der Waals surface area contributed by atoms with Gasteiger partial charge < -0.3 is 15.5 Å².